The van der Waals surface area contributed by atoms with Gasteiger partial charge in [0.25, 0.3) is 0 Å². The van der Waals surface area contributed by atoms with E-state index in [-0.39, 0.29) is 12.1 Å². The van der Waals surface area contributed by atoms with Crippen LogP contribution in [-0.2, 0) is 6.54 Å². The van der Waals surface area contributed by atoms with E-state index in [0.29, 0.717) is 6.54 Å². The predicted molar refractivity (Wildman–Crippen MR) is 84.7 cm³/mol. The van der Waals surface area contributed by atoms with E-state index in [1.165, 1.54) is 0 Å². The lowest BCUT2D eigenvalue weighted by atomic mass is 10.1. The maximum atomic E-state index is 11.6. The molecule has 1 unspecified atom stereocenters. The van der Waals surface area contributed by atoms with Gasteiger partial charge in [-0.1, -0.05) is 0 Å². The number of pyridine rings is 1. The Balaban J connectivity index is 2.00. The first kappa shape index (κ1) is 14.8. The molecule has 1 amide bonds. The first-order chi connectivity index (χ1) is 10.6. The lowest BCUT2D eigenvalue weighted by molar-refractivity contribution is 0.124. The summed E-state index contributed by atoms with van der Waals surface area (Å²) in [6.45, 7) is 3.38. The van der Waals surface area contributed by atoms with E-state index in [0.717, 1.165) is 42.4 Å². The standard InChI is InChI=1S/C16H22N4O2/c1-11(20(16(21)22)12-5-6-12)14-10-19(9-3-7-17)15-13(14)4-2-8-18-15/h2,4,8,10-12H,3,5-7,9,17H2,1H3,(H,21,22). The molecule has 0 bridgehead atoms. The molecular weight excluding hydrogens is 280 g/mol. The normalized spacial score (nSPS) is 15.9. The predicted octanol–water partition coefficient (Wildman–Crippen LogP) is 2.59. The van der Waals surface area contributed by atoms with Crippen LogP contribution in [0, 0.1) is 0 Å². The number of rotatable bonds is 6. The number of aromatic nitrogens is 2. The van der Waals surface area contributed by atoms with Crippen molar-refractivity contribution in [1.29, 1.82) is 0 Å². The number of hydrogen-bond donors (Lipinski definition) is 2. The van der Waals surface area contributed by atoms with E-state index >= 15 is 0 Å². The lowest BCUT2D eigenvalue weighted by Gasteiger charge is -2.26. The molecule has 118 valence electrons. The summed E-state index contributed by atoms with van der Waals surface area (Å²) in [6, 6.07) is 3.90. The second kappa shape index (κ2) is 5.96. The minimum atomic E-state index is -0.846. The Kier molecular flexibility index (Phi) is 4.02. The van der Waals surface area contributed by atoms with Crippen molar-refractivity contribution in [3.05, 3.63) is 30.1 Å². The molecule has 22 heavy (non-hydrogen) atoms. The Hall–Kier alpha value is -2.08. The van der Waals surface area contributed by atoms with Gasteiger partial charge in [-0.05, 0) is 44.9 Å². The highest BCUT2D eigenvalue weighted by atomic mass is 16.4. The fourth-order valence-corrected chi connectivity index (χ4v) is 3.06. The molecule has 2 aromatic rings. The van der Waals surface area contributed by atoms with Crippen LogP contribution in [0.1, 0.15) is 37.8 Å². The Morgan fingerprint density at radius 1 is 1.59 bits per heavy atom. The highest BCUT2D eigenvalue weighted by Gasteiger charge is 2.37. The van der Waals surface area contributed by atoms with Crippen LogP contribution in [0.15, 0.2) is 24.5 Å². The van der Waals surface area contributed by atoms with Crippen molar-refractivity contribution in [3.63, 3.8) is 0 Å². The summed E-state index contributed by atoms with van der Waals surface area (Å²) in [7, 11) is 0. The largest absolute Gasteiger partial charge is 0.465 e. The molecule has 1 aliphatic rings. The second-order valence-corrected chi connectivity index (χ2v) is 5.89. The summed E-state index contributed by atoms with van der Waals surface area (Å²) in [5.41, 5.74) is 7.53. The van der Waals surface area contributed by atoms with Gasteiger partial charge in [-0.2, -0.15) is 0 Å². The highest BCUT2D eigenvalue weighted by molar-refractivity contribution is 5.81. The second-order valence-electron chi connectivity index (χ2n) is 5.89. The van der Waals surface area contributed by atoms with Gasteiger partial charge in [-0.15, -0.1) is 0 Å². The average Bonchev–Trinajstić information content (AvgIpc) is 3.26. The summed E-state index contributed by atoms with van der Waals surface area (Å²) >= 11 is 0. The topological polar surface area (TPSA) is 84.4 Å². The van der Waals surface area contributed by atoms with Gasteiger partial charge in [0.1, 0.15) is 5.65 Å². The Labute approximate surface area is 129 Å². The number of carbonyl (C=O) groups is 1. The Bertz CT molecular complexity index is 678. The zero-order valence-corrected chi connectivity index (χ0v) is 12.8. The number of aryl methyl sites for hydroxylation is 1. The molecule has 1 atom stereocenters. The Morgan fingerprint density at radius 2 is 2.36 bits per heavy atom. The van der Waals surface area contributed by atoms with Gasteiger partial charge in [0.15, 0.2) is 0 Å². The van der Waals surface area contributed by atoms with E-state index < -0.39 is 6.09 Å². The summed E-state index contributed by atoms with van der Waals surface area (Å²) in [6.07, 6.45) is 5.75. The molecule has 2 heterocycles. The lowest BCUT2D eigenvalue weighted by Crippen LogP contribution is -2.34. The fourth-order valence-electron chi connectivity index (χ4n) is 3.06. The molecule has 1 saturated carbocycles. The van der Waals surface area contributed by atoms with Crippen molar-refractivity contribution in [2.45, 2.75) is 44.8 Å². The van der Waals surface area contributed by atoms with Crippen LogP contribution in [0.5, 0.6) is 0 Å². The van der Waals surface area contributed by atoms with Crippen molar-refractivity contribution in [1.82, 2.24) is 14.5 Å². The van der Waals surface area contributed by atoms with Gasteiger partial charge in [0.05, 0.1) is 6.04 Å². The number of hydrogen-bond acceptors (Lipinski definition) is 3. The van der Waals surface area contributed by atoms with Gasteiger partial charge in [0.2, 0.25) is 0 Å². The average molecular weight is 302 g/mol. The van der Waals surface area contributed by atoms with E-state index in [1.807, 2.05) is 25.3 Å². The SMILES string of the molecule is CC(c1cn(CCCN)c2ncccc12)N(C(=O)O)C1CC1. The van der Waals surface area contributed by atoms with Crippen molar-refractivity contribution in [2.24, 2.45) is 5.73 Å². The van der Waals surface area contributed by atoms with Crippen LogP contribution in [0.2, 0.25) is 0 Å². The Morgan fingerprint density at radius 3 is 3.00 bits per heavy atom. The number of carboxylic acid groups (broad SMARTS) is 1. The molecule has 0 radical (unpaired) electrons. The monoisotopic (exact) mass is 302 g/mol. The smallest absolute Gasteiger partial charge is 0.408 e. The zero-order chi connectivity index (χ0) is 15.7. The molecule has 1 aliphatic carbocycles. The number of amides is 1. The van der Waals surface area contributed by atoms with Gasteiger partial charge in [0, 0.05) is 35.9 Å². The van der Waals surface area contributed by atoms with E-state index in [4.69, 9.17) is 5.73 Å². The number of nitrogens with two attached hydrogens (primary N) is 1. The van der Waals surface area contributed by atoms with Crippen LogP contribution < -0.4 is 5.73 Å². The molecule has 0 spiro atoms. The summed E-state index contributed by atoms with van der Waals surface area (Å²) < 4.78 is 2.08. The fraction of sp³-hybridized carbons (Fsp3) is 0.500. The van der Waals surface area contributed by atoms with Gasteiger partial charge >= 0.3 is 6.09 Å². The molecule has 3 rings (SSSR count). The molecule has 0 saturated heterocycles. The molecule has 6 heteroatoms. The first-order valence-corrected chi connectivity index (χ1v) is 7.78. The van der Waals surface area contributed by atoms with Crippen molar-refractivity contribution >= 4 is 17.1 Å². The van der Waals surface area contributed by atoms with Crippen LogP contribution in [0.4, 0.5) is 4.79 Å². The van der Waals surface area contributed by atoms with Crippen molar-refractivity contribution in [3.8, 4) is 0 Å². The summed E-state index contributed by atoms with van der Waals surface area (Å²) in [5, 5.41) is 10.5. The van der Waals surface area contributed by atoms with E-state index in [2.05, 4.69) is 9.55 Å². The zero-order valence-electron chi connectivity index (χ0n) is 12.8. The van der Waals surface area contributed by atoms with Crippen LogP contribution >= 0.6 is 0 Å². The van der Waals surface area contributed by atoms with Crippen molar-refractivity contribution < 1.29 is 9.90 Å². The number of nitrogens with zero attached hydrogens (tertiary/aromatic N) is 3. The third kappa shape index (κ3) is 2.66. The minimum absolute atomic E-state index is 0.159. The molecule has 6 nitrogen and oxygen atoms in total. The third-order valence-electron chi connectivity index (χ3n) is 4.30. The first-order valence-electron chi connectivity index (χ1n) is 7.78. The minimum Gasteiger partial charge on any atom is -0.465 e. The van der Waals surface area contributed by atoms with Crippen LogP contribution in [-0.4, -0.2) is 38.2 Å². The molecule has 0 aliphatic heterocycles. The van der Waals surface area contributed by atoms with Gasteiger partial charge < -0.3 is 15.4 Å². The molecule has 0 aromatic carbocycles. The highest BCUT2D eigenvalue weighted by Crippen LogP contribution is 2.37. The van der Waals surface area contributed by atoms with Crippen LogP contribution in [0.3, 0.4) is 0 Å². The molecule has 2 aromatic heterocycles. The van der Waals surface area contributed by atoms with Gasteiger partial charge in [-0.3, -0.25) is 4.90 Å². The van der Waals surface area contributed by atoms with Crippen molar-refractivity contribution in [2.75, 3.05) is 6.54 Å². The molecular formula is C16H22N4O2. The number of fused-ring (bicyclic) bond motifs is 1. The molecule has 3 N–H and O–H groups in total. The third-order valence-corrected chi connectivity index (χ3v) is 4.30. The van der Waals surface area contributed by atoms with Gasteiger partial charge in [-0.25, -0.2) is 9.78 Å². The van der Waals surface area contributed by atoms with Crippen LogP contribution in [0.25, 0.3) is 11.0 Å². The summed E-state index contributed by atoms with van der Waals surface area (Å²) in [4.78, 5) is 17.6. The maximum absolute atomic E-state index is 11.6. The van der Waals surface area contributed by atoms with E-state index in [9.17, 15) is 9.90 Å². The van der Waals surface area contributed by atoms with E-state index in [1.54, 1.807) is 11.1 Å². The maximum Gasteiger partial charge on any atom is 0.408 e. The molecule has 1 fully saturated rings. The quantitative estimate of drug-likeness (QED) is 0.859. The summed E-state index contributed by atoms with van der Waals surface area (Å²) in [5.74, 6) is 0.